The number of benzene rings is 2. The zero-order valence-corrected chi connectivity index (χ0v) is 21.8. The van der Waals surface area contributed by atoms with E-state index < -0.39 is 11.9 Å². The number of hydrogen-bond acceptors (Lipinski definition) is 3. The number of piperidine rings is 1. The molecule has 4 rings (SSSR count). The molecule has 0 aliphatic carbocycles. The Labute approximate surface area is 218 Å². The molecule has 2 heterocycles. The van der Waals surface area contributed by atoms with E-state index in [2.05, 4.69) is 22.6 Å². The summed E-state index contributed by atoms with van der Waals surface area (Å²) in [5.41, 5.74) is 3.17. The smallest absolute Gasteiger partial charge is 0.406 e. The van der Waals surface area contributed by atoms with Crippen LogP contribution in [0.3, 0.4) is 0 Å². The van der Waals surface area contributed by atoms with Gasteiger partial charge in [-0.15, -0.1) is 13.2 Å². The molecule has 0 amide bonds. The number of hydrogen-bond donors (Lipinski definition) is 0. The Hall–Kier alpha value is -2.42. The molecule has 0 spiro atoms. The number of aryl methyl sites for hydroxylation is 1. The molecule has 10 heteroatoms. The van der Waals surface area contributed by atoms with Crippen molar-refractivity contribution >= 4 is 23.2 Å². The molecule has 1 atom stereocenters. The van der Waals surface area contributed by atoms with E-state index in [1.54, 1.807) is 11.7 Å². The third-order valence-electron chi connectivity index (χ3n) is 6.98. The summed E-state index contributed by atoms with van der Waals surface area (Å²) in [6, 6.07) is 11.0. The highest BCUT2D eigenvalue weighted by molar-refractivity contribution is 6.31. The van der Waals surface area contributed by atoms with Gasteiger partial charge >= 0.3 is 6.36 Å². The van der Waals surface area contributed by atoms with E-state index in [0.717, 1.165) is 37.4 Å². The molecule has 194 valence electrons. The highest BCUT2D eigenvalue weighted by Crippen LogP contribution is 2.32. The van der Waals surface area contributed by atoms with Gasteiger partial charge < -0.3 is 4.74 Å². The maximum absolute atomic E-state index is 13.0. The van der Waals surface area contributed by atoms with Gasteiger partial charge in [-0.2, -0.15) is 0 Å². The second-order valence-corrected chi connectivity index (χ2v) is 10.1. The SMILES string of the molecule is Cc1ccc(Cl)cc1CC1CCN(C(C)c2c(Cl)c(=O)n(-c3ccc(OC(F)(F)F)cc3)n2C)CC1. The summed E-state index contributed by atoms with van der Waals surface area (Å²) in [4.78, 5) is 15.3. The van der Waals surface area contributed by atoms with Crippen LogP contribution in [0.5, 0.6) is 5.75 Å². The van der Waals surface area contributed by atoms with Gasteiger partial charge in [0.2, 0.25) is 0 Å². The lowest BCUT2D eigenvalue weighted by Crippen LogP contribution is -2.37. The van der Waals surface area contributed by atoms with Crippen molar-refractivity contribution in [1.82, 2.24) is 14.3 Å². The normalized spacial score (nSPS) is 16.3. The first kappa shape index (κ1) is 26.6. The molecule has 0 bridgehead atoms. The van der Waals surface area contributed by atoms with Crippen molar-refractivity contribution in [3.8, 4) is 11.4 Å². The highest BCUT2D eigenvalue weighted by atomic mass is 35.5. The molecule has 1 unspecified atom stereocenters. The predicted molar refractivity (Wildman–Crippen MR) is 135 cm³/mol. The first-order valence-corrected chi connectivity index (χ1v) is 12.5. The third-order valence-corrected chi connectivity index (χ3v) is 7.57. The maximum atomic E-state index is 13.0. The first-order valence-electron chi connectivity index (χ1n) is 11.8. The molecule has 36 heavy (non-hydrogen) atoms. The van der Waals surface area contributed by atoms with Crippen molar-refractivity contribution in [1.29, 1.82) is 0 Å². The van der Waals surface area contributed by atoms with Crippen LogP contribution in [-0.2, 0) is 13.5 Å². The summed E-state index contributed by atoms with van der Waals surface area (Å²) in [5, 5.41) is 0.863. The molecular weight excluding hydrogens is 514 g/mol. The van der Waals surface area contributed by atoms with Crippen molar-refractivity contribution in [3.63, 3.8) is 0 Å². The Balaban J connectivity index is 1.48. The number of rotatable bonds is 6. The lowest BCUT2D eigenvalue weighted by Gasteiger charge is -2.36. The summed E-state index contributed by atoms with van der Waals surface area (Å²) in [7, 11) is 1.73. The van der Waals surface area contributed by atoms with Gasteiger partial charge in [0.25, 0.3) is 5.56 Å². The van der Waals surface area contributed by atoms with Crippen LogP contribution in [-0.4, -0.2) is 33.7 Å². The van der Waals surface area contributed by atoms with Gasteiger partial charge in [-0.1, -0.05) is 29.3 Å². The van der Waals surface area contributed by atoms with E-state index in [0.29, 0.717) is 17.3 Å². The van der Waals surface area contributed by atoms with Crippen LogP contribution >= 0.6 is 23.2 Å². The van der Waals surface area contributed by atoms with Crippen LogP contribution in [0.4, 0.5) is 13.2 Å². The van der Waals surface area contributed by atoms with Gasteiger partial charge in [0.1, 0.15) is 10.8 Å². The van der Waals surface area contributed by atoms with Crippen molar-refractivity contribution in [2.45, 2.75) is 45.5 Å². The van der Waals surface area contributed by atoms with E-state index in [-0.39, 0.29) is 16.8 Å². The zero-order chi connectivity index (χ0) is 26.2. The maximum Gasteiger partial charge on any atom is 0.573 e. The average Bonchev–Trinajstić information content (AvgIpc) is 3.04. The van der Waals surface area contributed by atoms with Gasteiger partial charge in [0.05, 0.1) is 17.4 Å². The topological polar surface area (TPSA) is 39.4 Å². The summed E-state index contributed by atoms with van der Waals surface area (Å²) in [6.45, 7) is 5.86. The molecule has 5 nitrogen and oxygen atoms in total. The van der Waals surface area contributed by atoms with E-state index in [1.807, 2.05) is 19.1 Å². The molecule has 0 radical (unpaired) electrons. The van der Waals surface area contributed by atoms with Crippen LogP contribution in [0.15, 0.2) is 47.3 Å². The van der Waals surface area contributed by atoms with Gasteiger partial charge in [0, 0.05) is 12.1 Å². The molecule has 1 saturated heterocycles. The Kier molecular flexibility index (Phi) is 7.78. The minimum absolute atomic E-state index is 0.109. The van der Waals surface area contributed by atoms with Crippen molar-refractivity contribution < 1.29 is 17.9 Å². The Morgan fingerprint density at radius 3 is 2.33 bits per heavy atom. The number of nitrogens with zero attached hydrogens (tertiary/aromatic N) is 3. The third kappa shape index (κ3) is 5.76. The molecule has 1 aliphatic rings. The molecular formula is C26H28Cl2F3N3O2. The number of aromatic nitrogens is 2. The molecule has 1 fully saturated rings. The number of halogens is 5. The fourth-order valence-corrected chi connectivity index (χ4v) is 5.57. The molecule has 1 aromatic heterocycles. The highest BCUT2D eigenvalue weighted by Gasteiger charge is 2.32. The minimum atomic E-state index is -4.78. The quantitative estimate of drug-likeness (QED) is 0.348. The van der Waals surface area contributed by atoms with E-state index >= 15 is 0 Å². The fraction of sp³-hybridized carbons (Fsp3) is 0.423. The lowest BCUT2D eigenvalue weighted by atomic mass is 9.88. The molecule has 1 aliphatic heterocycles. The zero-order valence-electron chi connectivity index (χ0n) is 20.3. The minimum Gasteiger partial charge on any atom is -0.406 e. The summed E-state index contributed by atoms with van der Waals surface area (Å²) in [6.07, 6.45) is -1.76. The first-order chi connectivity index (χ1) is 16.9. The Morgan fingerprint density at radius 2 is 1.72 bits per heavy atom. The van der Waals surface area contributed by atoms with E-state index in [4.69, 9.17) is 23.2 Å². The van der Waals surface area contributed by atoms with E-state index in [1.165, 1.54) is 40.1 Å². The van der Waals surface area contributed by atoms with Gasteiger partial charge in [-0.3, -0.25) is 14.4 Å². The van der Waals surface area contributed by atoms with Gasteiger partial charge in [-0.25, -0.2) is 4.68 Å². The van der Waals surface area contributed by atoms with Gasteiger partial charge in [-0.05, 0) is 99.6 Å². The van der Waals surface area contributed by atoms with Crippen LogP contribution in [0, 0.1) is 12.8 Å². The predicted octanol–water partition coefficient (Wildman–Crippen LogP) is 6.71. The second-order valence-electron chi connectivity index (χ2n) is 9.31. The number of alkyl halides is 3. The Morgan fingerprint density at radius 1 is 1.08 bits per heavy atom. The Bertz CT molecular complexity index is 1280. The fourth-order valence-electron chi connectivity index (χ4n) is 5.01. The van der Waals surface area contributed by atoms with Gasteiger partial charge in [0.15, 0.2) is 0 Å². The summed E-state index contributed by atoms with van der Waals surface area (Å²) >= 11 is 12.7. The van der Waals surface area contributed by atoms with Crippen molar-refractivity contribution in [3.05, 3.63) is 79.7 Å². The summed E-state index contributed by atoms with van der Waals surface area (Å²) < 4.78 is 44.4. The number of likely N-dealkylation sites (tertiary alicyclic amines) is 1. The summed E-state index contributed by atoms with van der Waals surface area (Å²) in [5.74, 6) is 0.191. The monoisotopic (exact) mass is 541 g/mol. The van der Waals surface area contributed by atoms with E-state index in [9.17, 15) is 18.0 Å². The number of ether oxygens (including phenoxy) is 1. The standard InChI is InChI=1S/C26H28Cl2F3N3O2/c1-16-4-5-20(27)15-19(16)14-18-10-12-33(13-11-18)17(2)24-23(28)25(35)34(32(24)3)21-6-8-22(9-7-21)36-26(29,30)31/h4-9,15,17-18H,10-14H2,1-3H3. The second kappa shape index (κ2) is 10.5. The van der Waals surface area contributed by atoms with Crippen LogP contribution in [0.2, 0.25) is 10.0 Å². The van der Waals surface area contributed by atoms with Crippen LogP contribution in [0.1, 0.15) is 42.6 Å². The largest absolute Gasteiger partial charge is 0.573 e. The molecule has 0 saturated carbocycles. The molecule has 3 aromatic rings. The van der Waals surface area contributed by atoms with Crippen molar-refractivity contribution in [2.75, 3.05) is 13.1 Å². The lowest BCUT2D eigenvalue weighted by molar-refractivity contribution is -0.274. The average molecular weight is 542 g/mol. The van der Waals surface area contributed by atoms with Crippen LogP contribution < -0.4 is 10.3 Å². The molecule has 2 aromatic carbocycles. The van der Waals surface area contributed by atoms with Crippen molar-refractivity contribution in [2.24, 2.45) is 13.0 Å². The molecule has 0 N–H and O–H groups in total. The van der Waals surface area contributed by atoms with Crippen LogP contribution in [0.25, 0.3) is 5.69 Å².